The maximum atomic E-state index is 9.36. The van der Waals surface area contributed by atoms with Crippen LogP contribution < -0.4 is 0 Å². The van der Waals surface area contributed by atoms with Gasteiger partial charge in [0.05, 0.1) is 38.6 Å². The Morgan fingerprint density at radius 3 is 2.15 bits per heavy atom. The Morgan fingerprint density at radius 1 is 0.646 bits per heavy atom. The quantitative estimate of drug-likeness (QED) is 0.191. The fourth-order valence-corrected chi connectivity index (χ4v) is 9.29. The molecule has 226 valence electrons. The van der Waals surface area contributed by atoms with E-state index in [2.05, 4.69) is 137 Å². The minimum Gasteiger partial charge on any atom is -0.311 e. The van der Waals surface area contributed by atoms with Crippen molar-refractivity contribution >= 4 is 75.9 Å². The average molecular weight is 632 g/mol. The van der Waals surface area contributed by atoms with Crippen molar-refractivity contribution < 1.29 is 0 Å². The van der Waals surface area contributed by atoms with E-state index in [-0.39, 0.29) is 0 Å². The van der Waals surface area contributed by atoms with E-state index in [4.69, 9.17) is 0 Å². The van der Waals surface area contributed by atoms with Gasteiger partial charge in [0.1, 0.15) is 0 Å². The molecule has 0 bridgehead atoms. The summed E-state index contributed by atoms with van der Waals surface area (Å²) in [6.07, 6.45) is 3.42. The molecule has 1 aliphatic rings. The van der Waals surface area contributed by atoms with Crippen molar-refractivity contribution in [2.24, 2.45) is 0 Å². The highest BCUT2D eigenvalue weighted by Gasteiger charge is 2.28. The van der Waals surface area contributed by atoms with E-state index in [9.17, 15) is 5.26 Å². The molecule has 1 aliphatic carbocycles. The van der Waals surface area contributed by atoms with Gasteiger partial charge in [-0.3, -0.25) is 0 Å². The molecule has 4 heteroatoms. The summed E-state index contributed by atoms with van der Waals surface area (Å²) in [6.45, 7) is 2.39. The molecule has 48 heavy (non-hydrogen) atoms. The van der Waals surface area contributed by atoms with Crippen molar-refractivity contribution in [2.75, 3.05) is 0 Å². The SMILES string of the molecule is CC1CC(c2ccc3c(c2)c2ccccc2n3-c2ccc(C#N)cc2)=Cc2c1n(-c1cccc3c1sc1ccccc13)c1ccccc21. The predicted molar refractivity (Wildman–Crippen MR) is 203 cm³/mol. The highest BCUT2D eigenvalue weighted by Crippen LogP contribution is 2.47. The maximum Gasteiger partial charge on any atom is 0.0991 e. The molecule has 6 aromatic carbocycles. The predicted octanol–water partition coefficient (Wildman–Crippen LogP) is 12.0. The zero-order valence-electron chi connectivity index (χ0n) is 26.3. The van der Waals surface area contributed by atoms with Crippen LogP contribution in [0.5, 0.6) is 0 Å². The molecule has 0 saturated carbocycles. The normalized spacial score (nSPS) is 14.6. The van der Waals surface area contributed by atoms with E-state index >= 15 is 0 Å². The smallest absolute Gasteiger partial charge is 0.0991 e. The zero-order valence-corrected chi connectivity index (χ0v) is 27.1. The topological polar surface area (TPSA) is 33.6 Å². The van der Waals surface area contributed by atoms with Crippen LogP contribution in [0.2, 0.25) is 0 Å². The number of benzene rings is 6. The number of allylic oxidation sites excluding steroid dienone is 1. The number of aromatic nitrogens is 2. The molecule has 9 aromatic rings. The van der Waals surface area contributed by atoms with Gasteiger partial charge in [0.2, 0.25) is 0 Å². The molecule has 0 amide bonds. The van der Waals surface area contributed by atoms with E-state index in [0.717, 1.165) is 12.1 Å². The molecule has 0 spiro atoms. The lowest BCUT2D eigenvalue weighted by atomic mass is 9.84. The van der Waals surface area contributed by atoms with Crippen molar-refractivity contribution in [3.8, 4) is 17.4 Å². The Hall–Kier alpha value is -5.89. The third-order valence-corrected chi connectivity index (χ3v) is 11.4. The summed E-state index contributed by atoms with van der Waals surface area (Å²) < 4.78 is 7.53. The fourth-order valence-electron chi connectivity index (χ4n) is 8.09. The van der Waals surface area contributed by atoms with Gasteiger partial charge in [-0.1, -0.05) is 79.7 Å². The van der Waals surface area contributed by atoms with Crippen LogP contribution in [0, 0.1) is 11.3 Å². The minimum atomic E-state index is 0.327. The lowest BCUT2D eigenvalue weighted by molar-refractivity contribution is 0.734. The molecule has 3 heterocycles. The van der Waals surface area contributed by atoms with E-state index in [1.54, 1.807) is 0 Å². The van der Waals surface area contributed by atoms with Gasteiger partial charge in [-0.25, -0.2) is 0 Å². The first-order chi connectivity index (χ1) is 23.7. The van der Waals surface area contributed by atoms with Crippen molar-refractivity contribution in [3.63, 3.8) is 0 Å². The molecule has 0 N–H and O–H groups in total. The van der Waals surface area contributed by atoms with E-state index < -0.39 is 0 Å². The highest BCUT2D eigenvalue weighted by molar-refractivity contribution is 7.26. The molecule has 0 saturated heterocycles. The number of nitriles is 1. The Labute approximate surface area is 281 Å². The minimum absolute atomic E-state index is 0.327. The molecular weight excluding hydrogens is 603 g/mol. The maximum absolute atomic E-state index is 9.36. The Kier molecular flexibility index (Phi) is 5.85. The zero-order chi connectivity index (χ0) is 31.9. The molecule has 1 unspecified atom stereocenters. The number of fused-ring (bicyclic) bond motifs is 9. The Balaban J connectivity index is 1.17. The standard InChI is InChI=1S/C44H29N3S/c1-27-23-30(29-19-22-40-36(24-29)32-9-2-5-13-38(32)46(40)31-20-17-28(26-45)18-21-31)25-37-33-10-3-6-14-39(33)47(43(27)37)41-15-8-12-35-34-11-4-7-16-42(34)48-44(35)41/h2-22,24-25,27H,23H2,1H3. The van der Waals surface area contributed by atoms with Crippen LogP contribution in [-0.4, -0.2) is 9.13 Å². The summed E-state index contributed by atoms with van der Waals surface area (Å²) in [5, 5.41) is 15.8. The third-order valence-electron chi connectivity index (χ3n) is 10.2. The molecule has 0 fully saturated rings. The van der Waals surface area contributed by atoms with Gasteiger partial charge in [0.25, 0.3) is 0 Å². The molecule has 0 aliphatic heterocycles. The van der Waals surface area contributed by atoms with Crippen LogP contribution >= 0.6 is 11.3 Å². The van der Waals surface area contributed by atoms with Crippen LogP contribution in [0.3, 0.4) is 0 Å². The number of para-hydroxylation sites is 2. The summed E-state index contributed by atoms with van der Waals surface area (Å²) in [5.41, 5.74) is 12.0. The first kappa shape index (κ1) is 27.2. The van der Waals surface area contributed by atoms with Gasteiger partial charge in [-0.05, 0) is 84.3 Å². The summed E-state index contributed by atoms with van der Waals surface area (Å²) in [6, 6.07) is 50.2. The van der Waals surface area contributed by atoms with Crippen LogP contribution in [0.25, 0.3) is 75.9 Å². The molecule has 3 aromatic heterocycles. The second-order valence-corrected chi connectivity index (χ2v) is 14.0. The molecule has 1 atom stereocenters. The van der Waals surface area contributed by atoms with Gasteiger partial charge in [-0.15, -0.1) is 11.3 Å². The van der Waals surface area contributed by atoms with Crippen molar-refractivity contribution in [3.05, 3.63) is 156 Å². The van der Waals surface area contributed by atoms with Crippen molar-refractivity contribution in [1.82, 2.24) is 9.13 Å². The number of rotatable bonds is 3. The van der Waals surface area contributed by atoms with Crippen LogP contribution in [0.4, 0.5) is 0 Å². The van der Waals surface area contributed by atoms with E-state index in [1.165, 1.54) is 81.0 Å². The van der Waals surface area contributed by atoms with Crippen molar-refractivity contribution in [1.29, 1.82) is 5.26 Å². The average Bonchev–Trinajstić information content (AvgIpc) is 3.80. The lowest BCUT2D eigenvalue weighted by Gasteiger charge is -2.24. The van der Waals surface area contributed by atoms with E-state index in [0.29, 0.717) is 11.5 Å². The first-order valence-corrected chi connectivity index (χ1v) is 17.3. The Morgan fingerprint density at radius 2 is 1.33 bits per heavy atom. The molecular formula is C44H29N3S. The van der Waals surface area contributed by atoms with Gasteiger partial charge < -0.3 is 9.13 Å². The molecule has 0 radical (unpaired) electrons. The van der Waals surface area contributed by atoms with Crippen LogP contribution in [0.1, 0.15) is 41.6 Å². The first-order valence-electron chi connectivity index (χ1n) is 16.5. The summed E-state index contributed by atoms with van der Waals surface area (Å²) in [4.78, 5) is 0. The van der Waals surface area contributed by atoms with Gasteiger partial charge >= 0.3 is 0 Å². The second kappa shape index (κ2) is 10.3. The van der Waals surface area contributed by atoms with Crippen LogP contribution in [0.15, 0.2) is 133 Å². The summed E-state index contributed by atoms with van der Waals surface area (Å²) in [7, 11) is 0. The lowest BCUT2D eigenvalue weighted by Crippen LogP contribution is -2.09. The van der Waals surface area contributed by atoms with E-state index in [1.807, 2.05) is 35.6 Å². The molecule has 10 rings (SSSR count). The highest BCUT2D eigenvalue weighted by atomic mass is 32.1. The monoisotopic (exact) mass is 631 g/mol. The summed E-state index contributed by atoms with van der Waals surface area (Å²) >= 11 is 1.90. The van der Waals surface area contributed by atoms with Gasteiger partial charge in [0, 0.05) is 54.5 Å². The fraction of sp³-hybridized carbons (Fsp3) is 0.0682. The number of hydrogen-bond donors (Lipinski definition) is 0. The largest absolute Gasteiger partial charge is 0.311 e. The van der Waals surface area contributed by atoms with Gasteiger partial charge in [0.15, 0.2) is 0 Å². The Bertz CT molecular complexity index is 2830. The van der Waals surface area contributed by atoms with Gasteiger partial charge in [-0.2, -0.15) is 5.26 Å². The summed E-state index contributed by atoms with van der Waals surface area (Å²) in [5.74, 6) is 0.327. The second-order valence-electron chi connectivity index (χ2n) is 12.9. The van der Waals surface area contributed by atoms with Crippen LogP contribution in [-0.2, 0) is 0 Å². The third kappa shape index (κ3) is 3.86. The van der Waals surface area contributed by atoms with Crippen molar-refractivity contribution in [2.45, 2.75) is 19.3 Å². The number of nitrogens with zero attached hydrogens (tertiary/aromatic N) is 3. The number of hydrogen-bond acceptors (Lipinski definition) is 2. The molecule has 3 nitrogen and oxygen atoms in total. The number of thiophene rings is 1.